The molecule has 1 fully saturated rings. The average Bonchev–Trinajstić information content (AvgIpc) is 3.19. The van der Waals surface area contributed by atoms with Crippen molar-refractivity contribution >= 4 is 22.4 Å². The summed E-state index contributed by atoms with van der Waals surface area (Å²) >= 11 is 1.45. The van der Waals surface area contributed by atoms with Gasteiger partial charge in [0.25, 0.3) is 5.91 Å². The molecule has 7 nitrogen and oxygen atoms in total. The SMILES string of the molecule is CC(C)Cc1nnc(NC(=O)C2(n3cccn3)CCNCC2)s1. The van der Waals surface area contributed by atoms with Crippen molar-refractivity contribution in [2.75, 3.05) is 18.4 Å². The predicted molar refractivity (Wildman–Crippen MR) is 89.4 cm³/mol. The van der Waals surface area contributed by atoms with Crippen LogP contribution in [0, 0.1) is 5.92 Å². The van der Waals surface area contributed by atoms with Gasteiger partial charge in [-0.05, 0) is 37.9 Å². The number of nitrogens with zero attached hydrogens (tertiary/aromatic N) is 4. The van der Waals surface area contributed by atoms with E-state index in [1.165, 1.54) is 11.3 Å². The van der Waals surface area contributed by atoms with Crippen LogP contribution in [0.3, 0.4) is 0 Å². The largest absolute Gasteiger partial charge is 0.317 e. The Kier molecular flexibility index (Phi) is 4.72. The number of anilines is 1. The number of hydrogen-bond donors (Lipinski definition) is 2. The standard InChI is InChI=1S/C15H22N6OS/c1-11(2)10-12-19-20-14(23-12)18-13(22)15(4-7-16-8-5-15)21-9-3-6-17-21/h3,6,9,11,16H,4-5,7-8,10H2,1-2H3,(H,18,20,22). The number of nitrogens with one attached hydrogen (secondary N) is 2. The molecule has 1 aliphatic rings. The van der Waals surface area contributed by atoms with E-state index >= 15 is 0 Å². The second kappa shape index (κ2) is 6.76. The van der Waals surface area contributed by atoms with Crippen LogP contribution in [0.2, 0.25) is 0 Å². The Labute approximate surface area is 139 Å². The van der Waals surface area contributed by atoms with Crippen molar-refractivity contribution in [2.24, 2.45) is 5.92 Å². The Morgan fingerprint density at radius 2 is 2.22 bits per heavy atom. The molecule has 3 heterocycles. The molecule has 3 rings (SSSR count). The van der Waals surface area contributed by atoms with Gasteiger partial charge in [-0.15, -0.1) is 10.2 Å². The second-order valence-corrected chi connectivity index (χ2v) is 7.35. The maximum absolute atomic E-state index is 13.0. The molecule has 8 heteroatoms. The van der Waals surface area contributed by atoms with Crippen molar-refractivity contribution in [3.63, 3.8) is 0 Å². The van der Waals surface area contributed by atoms with Gasteiger partial charge in [-0.3, -0.25) is 14.8 Å². The van der Waals surface area contributed by atoms with Crippen LogP contribution in [0.25, 0.3) is 0 Å². The molecule has 23 heavy (non-hydrogen) atoms. The highest BCUT2D eigenvalue weighted by molar-refractivity contribution is 7.15. The number of aromatic nitrogens is 4. The molecular weight excluding hydrogens is 312 g/mol. The third-order valence-electron chi connectivity index (χ3n) is 4.07. The van der Waals surface area contributed by atoms with E-state index < -0.39 is 5.54 Å². The lowest BCUT2D eigenvalue weighted by Gasteiger charge is -2.36. The van der Waals surface area contributed by atoms with Gasteiger partial charge in [0, 0.05) is 18.8 Å². The average molecular weight is 334 g/mol. The maximum Gasteiger partial charge on any atom is 0.254 e. The van der Waals surface area contributed by atoms with E-state index in [4.69, 9.17) is 0 Å². The van der Waals surface area contributed by atoms with Crippen LogP contribution in [0.4, 0.5) is 5.13 Å². The highest BCUT2D eigenvalue weighted by Crippen LogP contribution is 2.29. The maximum atomic E-state index is 13.0. The number of amides is 1. The Bertz CT molecular complexity index is 645. The number of carbonyl (C=O) groups is 1. The van der Waals surface area contributed by atoms with Gasteiger partial charge < -0.3 is 5.32 Å². The van der Waals surface area contributed by atoms with Crippen LogP contribution >= 0.6 is 11.3 Å². The van der Waals surface area contributed by atoms with E-state index in [0.29, 0.717) is 23.9 Å². The quantitative estimate of drug-likeness (QED) is 0.868. The van der Waals surface area contributed by atoms with Gasteiger partial charge in [0.1, 0.15) is 10.5 Å². The lowest BCUT2D eigenvalue weighted by atomic mass is 9.87. The molecule has 2 aromatic heterocycles. The first-order valence-corrected chi connectivity index (χ1v) is 8.76. The Balaban J connectivity index is 1.78. The van der Waals surface area contributed by atoms with E-state index in [2.05, 4.69) is 39.8 Å². The normalized spacial score (nSPS) is 17.3. The zero-order valence-electron chi connectivity index (χ0n) is 13.5. The predicted octanol–water partition coefficient (Wildman–Crippen LogP) is 1.65. The Hall–Kier alpha value is -1.80. The summed E-state index contributed by atoms with van der Waals surface area (Å²) in [6, 6.07) is 1.85. The summed E-state index contributed by atoms with van der Waals surface area (Å²) in [4.78, 5) is 13.0. The summed E-state index contributed by atoms with van der Waals surface area (Å²) in [5.41, 5.74) is -0.654. The van der Waals surface area contributed by atoms with Crippen molar-refractivity contribution in [3.8, 4) is 0 Å². The van der Waals surface area contributed by atoms with Crippen LogP contribution in [0.1, 0.15) is 31.7 Å². The number of piperidine rings is 1. The van der Waals surface area contributed by atoms with Gasteiger partial charge in [-0.2, -0.15) is 5.10 Å². The van der Waals surface area contributed by atoms with Gasteiger partial charge in [0.15, 0.2) is 0 Å². The molecule has 0 aliphatic carbocycles. The molecule has 0 radical (unpaired) electrons. The summed E-state index contributed by atoms with van der Waals surface area (Å²) in [5.74, 6) is 0.460. The number of hydrogen-bond acceptors (Lipinski definition) is 6. The molecule has 0 unspecified atom stereocenters. The van der Waals surface area contributed by atoms with Gasteiger partial charge in [-0.25, -0.2) is 0 Å². The van der Waals surface area contributed by atoms with Crippen molar-refractivity contribution in [1.82, 2.24) is 25.3 Å². The fraction of sp³-hybridized carbons (Fsp3) is 0.600. The van der Waals surface area contributed by atoms with E-state index in [9.17, 15) is 4.79 Å². The van der Waals surface area contributed by atoms with Gasteiger partial charge in [0.05, 0.1) is 0 Å². The lowest BCUT2D eigenvalue weighted by Crippen LogP contribution is -2.52. The molecule has 1 aliphatic heterocycles. The highest BCUT2D eigenvalue weighted by atomic mass is 32.1. The minimum absolute atomic E-state index is 0.0602. The Morgan fingerprint density at radius 3 is 2.87 bits per heavy atom. The topological polar surface area (TPSA) is 84.7 Å². The summed E-state index contributed by atoms with van der Waals surface area (Å²) in [7, 11) is 0. The molecule has 1 amide bonds. The van der Waals surface area contributed by atoms with E-state index in [1.807, 2.05) is 12.3 Å². The van der Waals surface area contributed by atoms with Gasteiger partial charge in [0.2, 0.25) is 5.13 Å². The molecule has 0 saturated carbocycles. The summed E-state index contributed by atoms with van der Waals surface area (Å²) in [6.45, 7) is 5.87. The van der Waals surface area contributed by atoms with Crippen LogP contribution in [-0.2, 0) is 16.8 Å². The van der Waals surface area contributed by atoms with Crippen LogP contribution in [0.5, 0.6) is 0 Å². The highest BCUT2D eigenvalue weighted by Gasteiger charge is 2.42. The molecule has 2 N–H and O–H groups in total. The molecule has 124 valence electrons. The molecule has 2 aromatic rings. The number of rotatable bonds is 5. The lowest BCUT2D eigenvalue weighted by molar-refractivity contribution is -0.126. The summed E-state index contributed by atoms with van der Waals surface area (Å²) < 4.78 is 1.78. The molecule has 0 bridgehead atoms. The van der Waals surface area contributed by atoms with Crippen molar-refractivity contribution < 1.29 is 4.79 Å². The molecule has 0 aromatic carbocycles. The zero-order valence-corrected chi connectivity index (χ0v) is 14.3. The third kappa shape index (κ3) is 3.42. The Morgan fingerprint density at radius 1 is 1.43 bits per heavy atom. The van der Waals surface area contributed by atoms with E-state index in [-0.39, 0.29) is 5.91 Å². The minimum Gasteiger partial charge on any atom is -0.317 e. The first-order valence-electron chi connectivity index (χ1n) is 7.95. The smallest absolute Gasteiger partial charge is 0.254 e. The fourth-order valence-electron chi connectivity index (χ4n) is 2.87. The third-order valence-corrected chi connectivity index (χ3v) is 4.93. The van der Waals surface area contributed by atoms with Crippen LogP contribution < -0.4 is 10.6 Å². The monoisotopic (exact) mass is 334 g/mol. The zero-order chi connectivity index (χ0) is 16.3. The van der Waals surface area contributed by atoms with E-state index in [1.54, 1.807) is 10.9 Å². The summed E-state index contributed by atoms with van der Waals surface area (Å²) in [5, 5.41) is 20.4. The second-order valence-electron chi connectivity index (χ2n) is 6.29. The van der Waals surface area contributed by atoms with Crippen LogP contribution in [0.15, 0.2) is 18.5 Å². The fourth-order valence-corrected chi connectivity index (χ4v) is 3.82. The first kappa shape index (κ1) is 16.1. The van der Waals surface area contributed by atoms with Crippen molar-refractivity contribution in [3.05, 3.63) is 23.5 Å². The van der Waals surface area contributed by atoms with Crippen LogP contribution in [-0.4, -0.2) is 39.0 Å². The first-order chi connectivity index (χ1) is 11.1. The van der Waals surface area contributed by atoms with Crippen molar-refractivity contribution in [1.29, 1.82) is 0 Å². The number of carbonyl (C=O) groups excluding carboxylic acids is 1. The molecule has 0 spiro atoms. The van der Waals surface area contributed by atoms with E-state index in [0.717, 1.165) is 24.5 Å². The summed E-state index contributed by atoms with van der Waals surface area (Å²) in [6.07, 6.45) is 5.86. The molecular formula is C15H22N6OS. The van der Waals surface area contributed by atoms with Gasteiger partial charge in [-0.1, -0.05) is 25.2 Å². The molecule has 1 saturated heterocycles. The van der Waals surface area contributed by atoms with Gasteiger partial charge >= 0.3 is 0 Å². The van der Waals surface area contributed by atoms with Crippen molar-refractivity contribution in [2.45, 2.75) is 38.6 Å². The minimum atomic E-state index is -0.654. The molecule has 0 atom stereocenters.